The van der Waals surface area contributed by atoms with Gasteiger partial charge in [0.05, 0.1) is 27.8 Å². The van der Waals surface area contributed by atoms with E-state index in [-0.39, 0.29) is 0 Å². The highest BCUT2D eigenvalue weighted by molar-refractivity contribution is 6.22. The number of aromatic nitrogens is 3. The smallest absolute Gasteiger partial charge is 0.160 e. The third kappa shape index (κ3) is 4.49. The molecule has 0 bridgehead atoms. The summed E-state index contributed by atoms with van der Waals surface area (Å²) in [5.41, 5.74) is 18.4. The highest BCUT2D eigenvalue weighted by Crippen LogP contribution is 2.65. The van der Waals surface area contributed by atoms with Crippen LogP contribution >= 0.6 is 0 Å². The summed E-state index contributed by atoms with van der Waals surface area (Å²) in [5, 5.41) is 4.99. The van der Waals surface area contributed by atoms with Gasteiger partial charge < -0.3 is 4.57 Å². The molecule has 9 aromatic carbocycles. The number of fused-ring (bicyclic) bond motifs is 16. The van der Waals surface area contributed by atoms with Crippen molar-refractivity contribution >= 4 is 32.6 Å². The lowest BCUT2D eigenvalue weighted by Crippen LogP contribution is -2.25. The molecular weight excluding hydrogens is 727 g/mol. The lowest BCUT2D eigenvalue weighted by Gasteiger charge is -2.30. The van der Waals surface area contributed by atoms with E-state index in [0.29, 0.717) is 5.82 Å². The fourth-order valence-corrected chi connectivity index (χ4v) is 10.6. The van der Waals surface area contributed by atoms with Gasteiger partial charge in [0.25, 0.3) is 0 Å². The molecule has 2 heterocycles. The van der Waals surface area contributed by atoms with Crippen LogP contribution in [0.2, 0.25) is 0 Å². The van der Waals surface area contributed by atoms with Crippen LogP contribution in [0.1, 0.15) is 22.3 Å². The van der Waals surface area contributed by atoms with Crippen molar-refractivity contribution < 1.29 is 0 Å². The monoisotopic (exact) mass is 761 g/mol. The summed E-state index contributed by atoms with van der Waals surface area (Å²) in [4.78, 5) is 10.5. The second-order valence-electron chi connectivity index (χ2n) is 16.0. The van der Waals surface area contributed by atoms with Crippen molar-refractivity contribution in [2.45, 2.75) is 5.41 Å². The first-order chi connectivity index (χ1) is 29.8. The summed E-state index contributed by atoms with van der Waals surface area (Å²) in [5.74, 6) is 0.696. The fourth-order valence-electron chi connectivity index (χ4n) is 10.6. The second-order valence-corrected chi connectivity index (χ2v) is 16.0. The Balaban J connectivity index is 1.15. The van der Waals surface area contributed by atoms with Crippen LogP contribution in [0.25, 0.3) is 94.4 Å². The largest absolute Gasteiger partial charge is 0.309 e. The van der Waals surface area contributed by atoms with Crippen LogP contribution in [-0.4, -0.2) is 14.5 Å². The van der Waals surface area contributed by atoms with Gasteiger partial charge in [0.2, 0.25) is 0 Å². The van der Waals surface area contributed by atoms with Gasteiger partial charge in [-0.25, -0.2) is 9.97 Å². The van der Waals surface area contributed by atoms with Crippen molar-refractivity contribution in [3.63, 3.8) is 0 Å². The third-order valence-corrected chi connectivity index (χ3v) is 13.0. The molecule has 3 heteroatoms. The maximum Gasteiger partial charge on any atom is 0.160 e. The van der Waals surface area contributed by atoms with Gasteiger partial charge in [-0.05, 0) is 85.6 Å². The van der Waals surface area contributed by atoms with Gasteiger partial charge in [-0.2, -0.15) is 0 Å². The molecule has 0 unspecified atom stereocenters. The number of hydrogen-bond donors (Lipinski definition) is 0. The van der Waals surface area contributed by atoms with Crippen molar-refractivity contribution in [1.29, 1.82) is 0 Å². The van der Waals surface area contributed by atoms with E-state index >= 15 is 0 Å². The lowest BCUT2D eigenvalue weighted by molar-refractivity contribution is 0.795. The second kappa shape index (κ2) is 12.6. The van der Waals surface area contributed by atoms with Crippen molar-refractivity contribution in [1.82, 2.24) is 14.5 Å². The van der Waals surface area contributed by atoms with E-state index in [4.69, 9.17) is 9.97 Å². The normalized spacial score (nSPS) is 13.1. The SMILES string of the molecule is c1ccc(-c2cc(-c3ccccc3)nc(-c3ccc4c5c6c(ccc5n(-c5ccccc5)c4c3)C3(c4ccccc4-c4ccccc43)c3ccc4ccccc4c3-6)n2)cc1. The van der Waals surface area contributed by atoms with E-state index in [9.17, 15) is 0 Å². The molecule has 0 aliphatic heterocycles. The molecule has 0 saturated carbocycles. The first-order valence-corrected chi connectivity index (χ1v) is 20.7. The molecule has 0 amide bonds. The minimum Gasteiger partial charge on any atom is -0.309 e. The maximum atomic E-state index is 5.25. The zero-order chi connectivity index (χ0) is 39.4. The van der Waals surface area contributed by atoms with Crippen molar-refractivity contribution in [3.05, 3.63) is 235 Å². The first kappa shape index (κ1) is 33.1. The Morgan fingerprint density at radius 3 is 1.62 bits per heavy atom. The first-order valence-electron chi connectivity index (χ1n) is 20.7. The van der Waals surface area contributed by atoms with Crippen LogP contribution in [0.15, 0.2) is 212 Å². The summed E-state index contributed by atoms with van der Waals surface area (Å²) < 4.78 is 2.44. The molecule has 0 radical (unpaired) electrons. The molecule has 2 aromatic heterocycles. The van der Waals surface area contributed by atoms with E-state index in [1.807, 2.05) is 12.1 Å². The van der Waals surface area contributed by atoms with Gasteiger partial charge in [-0.3, -0.25) is 0 Å². The number of benzene rings is 9. The molecule has 1 spiro atoms. The third-order valence-electron chi connectivity index (χ3n) is 13.0. The lowest BCUT2D eigenvalue weighted by atomic mass is 9.70. The molecule has 13 rings (SSSR count). The Bertz CT molecular complexity index is 3430. The van der Waals surface area contributed by atoms with E-state index in [2.05, 4.69) is 205 Å². The van der Waals surface area contributed by atoms with Crippen LogP contribution in [0.5, 0.6) is 0 Å². The van der Waals surface area contributed by atoms with E-state index in [0.717, 1.165) is 39.3 Å². The zero-order valence-electron chi connectivity index (χ0n) is 32.5. The zero-order valence-corrected chi connectivity index (χ0v) is 32.5. The number of hydrogen-bond acceptors (Lipinski definition) is 2. The average Bonchev–Trinajstić information content (AvgIpc) is 3.94. The minimum absolute atomic E-state index is 0.462. The van der Waals surface area contributed by atoms with Crippen LogP contribution < -0.4 is 0 Å². The van der Waals surface area contributed by atoms with Gasteiger partial charge in [-0.1, -0.05) is 182 Å². The molecule has 0 atom stereocenters. The average molecular weight is 762 g/mol. The predicted octanol–water partition coefficient (Wildman–Crippen LogP) is 14.1. The van der Waals surface area contributed by atoms with Gasteiger partial charge in [0.15, 0.2) is 5.82 Å². The van der Waals surface area contributed by atoms with Gasteiger partial charge >= 0.3 is 0 Å². The van der Waals surface area contributed by atoms with Crippen LogP contribution in [0.4, 0.5) is 0 Å². The van der Waals surface area contributed by atoms with Gasteiger partial charge in [0.1, 0.15) is 0 Å². The summed E-state index contributed by atoms with van der Waals surface area (Å²) in [6.07, 6.45) is 0. The van der Waals surface area contributed by atoms with E-state index in [1.165, 1.54) is 71.6 Å². The molecule has 0 fully saturated rings. The van der Waals surface area contributed by atoms with Crippen molar-refractivity contribution in [3.8, 4) is 61.8 Å². The van der Waals surface area contributed by atoms with Crippen LogP contribution in [0, 0.1) is 0 Å². The fraction of sp³-hybridized carbons (Fsp3) is 0.0175. The number of para-hydroxylation sites is 1. The summed E-state index contributed by atoms with van der Waals surface area (Å²) in [6, 6.07) is 77.2. The molecule has 0 saturated heterocycles. The van der Waals surface area contributed by atoms with Gasteiger partial charge in [0, 0.05) is 33.2 Å². The molecule has 60 heavy (non-hydrogen) atoms. The van der Waals surface area contributed by atoms with Crippen LogP contribution in [-0.2, 0) is 5.41 Å². The Morgan fingerprint density at radius 2 is 0.933 bits per heavy atom. The van der Waals surface area contributed by atoms with Crippen molar-refractivity contribution in [2.24, 2.45) is 0 Å². The van der Waals surface area contributed by atoms with E-state index in [1.54, 1.807) is 0 Å². The topological polar surface area (TPSA) is 30.7 Å². The Hall–Kier alpha value is -7.88. The molecule has 278 valence electrons. The summed E-state index contributed by atoms with van der Waals surface area (Å²) >= 11 is 0. The Labute approximate surface area is 347 Å². The minimum atomic E-state index is -0.462. The van der Waals surface area contributed by atoms with Crippen LogP contribution in [0.3, 0.4) is 0 Å². The molecule has 0 N–H and O–H groups in total. The highest BCUT2D eigenvalue weighted by atomic mass is 15.0. The van der Waals surface area contributed by atoms with Crippen molar-refractivity contribution in [2.75, 3.05) is 0 Å². The predicted molar refractivity (Wildman–Crippen MR) is 246 cm³/mol. The van der Waals surface area contributed by atoms with E-state index < -0.39 is 5.41 Å². The van der Waals surface area contributed by atoms with Gasteiger partial charge in [-0.15, -0.1) is 0 Å². The quantitative estimate of drug-likeness (QED) is 0.179. The maximum absolute atomic E-state index is 5.25. The number of rotatable bonds is 4. The molecule has 11 aromatic rings. The Kier molecular flexibility index (Phi) is 6.93. The standard InChI is InChI=1S/C57H35N3/c1-4-17-37(18-5-1)49-35-50(38-19-6-2-7-20-38)59-56(58-49)39-28-30-44-52(34-39)60(40-21-8-3-9-22-40)51-33-32-48-55(54(44)51)53-41-23-11-10-16-36(41)29-31-47(53)57(48)45-26-14-12-24-42(45)43-25-13-15-27-46(43)57/h1-35H. The molecular formula is C57H35N3. The molecule has 2 aliphatic rings. The Morgan fingerprint density at radius 1 is 0.367 bits per heavy atom. The summed E-state index contributed by atoms with van der Waals surface area (Å²) in [7, 11) is 0. The molecule has 2 aliphatic carbocycles. The number of nitrogens with zero attached hydrogens (tertiary/aromatic N) is 3. The summed E-state index contributed by atoms with van der Waals surface area (Å²) in [6.45, 7) is 0. The highest BCUT2D eigenvalue weighted by Gasteiger charge is 2.52. The molecule has 3 nitrogen and oxygen atoms in total.